The molecule has 0 heterocycles. The number of hydrogen-bond acceptors (Lipinski definition) is 1. The van der Waals surface area contributed by atoms with Crippen LogP contribution < -0.4 is 5.32 Å². The summed E-state index contributed by atoms with van der Waals surface area (Å²) >= 11 is 5.67. The second kappa shape index (κ2) is 9.43. The van der Waals surface area contributed by atoms with E-state index in [9.17, 15) is 0 Å². The zero-order valence-corrected chi connectivity index (χ0v) is 15.8. The van der Waals surface area contributed by atoms with E-state index in [0.29, 0.717) is 5.92 Å². The Morgan fingerprint density at radius 3 is 2.29 bits per heavy atom. The van der Waals surface area contributed by atoms with Crippen molar-refractivity contribution in [3.05, 3.63) is 65.7 Å². The summed E-state index contributed by atoms with van der Waals surface area (Å²) in [5, 5.41) is 4.19. The summed E-state index contributed by atoms with van der Waals surface area (Å²) in [6, 6.07) is 19.1. The smallest absolute Gasteiger partial charge is 0.173 e. The fourth-order valence-corrected chi connectivity index (χ4v) is 2.83. The molecule has 0 saturated carbocycles. The summed E-state index contributed by atoms with van der Waals surface area (Å²) in [6.45, 7) is 8.44. The SMILES string of the molecule is CCCCN(Cc1ccccc1)C(=S)Nc1ccc(C(C)C)cc1. The van der Waals surface area contributed by atoms with Crippen molar-refractivity contribution < 1.29 is 0 Å². The van der Waals surface area contributed by atoms with Crippen LogP contribution in [0.4, 0.5) is 5.69 Å². The van der Waals surface area contributed by atoms with Gasteiger partial charge in [0.2, 0.25) is 0 Å². The largest absolute Gasteiger partial charge is 0.345 e. The predicted molar refractivity (Wildman–Crippen MR) is 109 cm³/mol. The number of nitrogens with one attached hydrogen (secondary N) is 1. The van der Waals surface area contributed by atoms with Crippen LogP contribution in [-0.4, -0.2) is 16.6 Å². The van der Waals surface area contributed by atoms with Gasteiger partial charge in [0.05, 0.1) is 0 Å². The first-order valence-electron chi connectivity index (χ1n) is 8.80. The van der Waals surface area contributed by atoms with Crippen molar-refractivity contribution in [1.29, 1.82) is 0 Å². The van der Waals surface area contributed by atoms with Crippen molar-refractivity contribution in [3.63, 3.8) is 0 Å². The third-order valence-electron chi connectivity index (χ3n) is 4.11. The molecule has 2 aromatic rings. The van der Waals surface area contributed by atoms with Gasteiger partial charge in [-0.05, 0) is 47.8 Å². The normalized spacial score (nSPS) is 10.7. The average Bonchev–Trinajstić information content (AvgIpc) is 2.60. The van der Waals surface area contributed by atoms with Crippen LogP contribution in [0.3, 0.4) is 0 Å². The van der Waals surface area contributed by atoms with E-state index in [1.165, 1.54) is 11.1 Å². The molecule has 3 heteroatoms. The molecular weight excluding hydrogens is 312 g/mol. The zero-order valence-electron chi connectivity index (χ0n) is 15.0. The first kappa shape index (κ1) is 18.5. The maximum Gasteiger partial charge on any atom is 0.173 e. The maximum atomic E-state index is 5.67. The van der Waals surface area contributed by atoms with Crippen LogP contribution in [0.1, 0.15) is 50.7 Å². The van der Waals surface area contributed by atoms with Gasteiger partial charge in [-0.15, -0.1) is 0 Å². The van der Waals surface area contributed by atoms with Crippen molar-refractivity contribution in [3.8, 4) is 0 Å². The maximum absolute atomic E-state index is 5.67. The highest BCUT2D eigenvalue weighted by atomic mass is 32.1. The summed E-state index contributed by atoms with van der Waals surface area (Å²) in [5.74, 6) is 0.546. The lowest BCUT2D eigenvalue weighted by atomic mass is 10.0. The molecule has 0 fully saturated rings. The molecule has 0 unspecified atom stereocenters. The Balaban J connectivity index is 2.03. The molecule has 2 rings (SSSR count). The van der Waals surface area contributed by atoms with E-state index >= 15 is 0 Å². The Morgan fingerprint density at radius 1 is 1.04 bits per heavy atom. The summed E-state index contributed by atoms with van der Waals surface area (Å²) in [4.78, 5) is 2.25. The van der Waals surface area contributed by atoms with Gasteiger partial charge in [-0.1, -0.05) is 69.7 Å². The van der Waals surface area contributed by atoms with Crippen molar-refractivity contribution >= 4 is 23.0 Å². The number of rotatable bonds is 7. The molecule has 0 saturated heterocycles. The number of benzene rings is 2. The van der Waals surface area contributed by atoms with Gasteiger partial charge in [-0.2, -0.15) is 0 Å². The highest BCUT2D eigenvalue weighted by molar-refractivity contribution is 7.80. The summed E-state index contributed by atoms with van der Waals surface area (Å²) in [5.41, 5.74) is 3.69. The molecule has 2 aromatic carbocycles. The van der Waals surface area contributed by atoms with E-state index in [1.54, 1.807) is 0 Å². The molecule has 0 aliphatic carbocycles. The number of anilines is 1. The van der Waals surface area contributed by atoms with Crippen molar-refractivity contribution in [2.24, 2.45) is 0 Å². The van der Waals surface area contributed by atoms with Crippen LogP contribution in [-0.2, 0) is 6.54 Å². The first-order valence-corrected chi connectivity index (χ1v) is 9.20. The van der Waals surface area contributed by atoms with Crippen molar-refractivity contribution in [2.75, 3.05) is 11.9 Å². The summed E-state index contributed by atoms with van der Waals surface area (Å²) < 4.78 is 0. The van der Waals surface area contributed by atoms with E-state index in [4.69, 9.17) is 12.2 Å². The Labute approximate surface area is 151 Å². The fraction of sp³-hybridized carbons (Fsp3) is 0.381. The molecule has 0 bridgehead atoms. The fourth-order valence-electron chi connectivity index (χ4n) is 2.56. The summed E-state index contributed by atoms with van der Waals surface area (Å²) in [7, 11) is 0. The highest BCUT2D eigenvalue weighted by Gasteiger charge is 2.10. The second-order valence-corrected chi connectivity index (χ2v) is 6.85. The molecule has 128 valence electrons. The Morgan fingerprint density at radius 2 is 1.71 bits per heavy atom. The average molecular weight is 341 g/mol. The van der Waals surface area contributed by atoms with Crippen LogP contribution in [0.15, 0.2) is 54.6 Å². The van der Waals surface area contributed by atoms with Gasteiger partial charge in [-0.25, -0.2) is 0 Å². The minimum absolute atomic E-state index is 0.546. The lowest BCUT2D eigenvalue weighted by Crippen LogP contribution is -2.35. The van der Waals surface area contributed by atoms with E-state index in [0.717, 1.165) is 36.7 Å². The van der Waals surface area contributed by atoms with E-state index in [2.05, 4.69) is 79.5 Å². The van der Waals surface area contributed by atoms with Gasteiger partial charge in [0.1, 0.15) is 0 Å². The van der Waals surface area contributed by atoms with E-state index in [-0.39, 0.29) is 0 Å². The molecule has 1 N–H and O–H groups in total. The van der Waals surface area contributed by atoms with Crippen LogP contribution in [0.2, 0.25) is 0 Å². The molecule has 0 spiro atoms. The van der Waals surface area contributed by atoms with E-state index < -0.39 is 0 Å². The van der Waals surface area contributed by atoms with Crippen LogP contribution in [0.5, 0.6) is 0 Å². The van der Waals surface area contributed by atoms with Crippen LogP contribution >= 0.6 is 12.2 Å². The molecular formula is C21H28N2S. The third kappa shape index (κ3) is 5.64. The highest BCUT2D eigenvalue weighted by Crippen LogP contribution is 2.18. The lowest BCUT2D eigenvalue weighted by molar-refractivity contribution is 0.408. The summed E-state index contributed by atoms with van der Waals surface area (Å²) in [6.07, 6.45) is 2.30. The van der Waals surface area contributed by atoms with Gasteiger partial charge >= 0.3 is 0 Å². The molecule has 0 amide bonds. The molecule has 0 atom stereocenters. The number of unbranched alkanes of at least 4 members (excludes halogenated alkanes) is 1. The standard InChI is InChI=1S/C21H28N2S/c1-4-5-15-23(16-18-9-7-6-8-10-18)21(24)22-20-13-11-19(12-14-20)17(2)3/h6-14,17H,4-5,15-16H2,1-3H3,(H,22,24). The molecule has 0 aliphatic rings. The number of hydrogen-bond donors (Lipinski definition) is 1. The molecule has 24 heavy (non-hydrogen) atoms. The minimum atomic E-state index is 0.546. The third-order valence-corrected chi connectivity index (χ3v) is 4.47. The van der Waals surface area contributed by atoms with Crippen molar-refractivity contribution in [2.45, 2.75) is 46.1 Å². The Kier molecular flexibility index (Phi) is 7.26. The Bertz CT molecular complexity index is 620. The number of nitrogens with zero attached hydrogens (tertiary/aromatic N) is 1. The number of thiocarbonyl (C=S) groups is 1. The van der Waals surface area contributed by atoms with Gasteiger partial charge < -0.3 is 10.2 Å². The van der Waals surface area contributed by atoms with Gasteiger partial charge in [0.15, 0.2) is 5.11 Å². The molecule has 0 aliphatic heterocycles. The monoisotopic (exact) mass is 340 g/mol. The lowest BCUT2D eigenvalue weighted by Gasteiger charge is -2.26. The van der Waals surface area contributed by atoms with Gasteiger partial charge in [-0.3, -0.25) is 0 Å². The first-order chi connectivity index (χ1) is 11.6. The zero-order chi connectivity index (χ0) is 17.4. The molecule has 0 radical (unpaired) electrons. The Hall–Kier alpha value is -1.87. The van der Waals surface area contributed by atoms with Crippen LogP contribution in [0, 0.1) is 0 Å². The van der Waals surface area contributed by atoms with Gasteiger partial charge in [0, 0.05) is 18.8 Å². The minimum Gasteiger partial charge on any atom is -0.345 e. The van der Waals surface area contributed by atoms with Gasteiger partial charge in [0.25, 0.3) is 0 Å². The second-order valence-electron chi connectivity index (χ2n) is 6.47. The quantitative estimate of drug-likeness (QED) is 0.640. The molecule has 0 aromatic heterocycles. The van der Waals surface area contributed by atoms with E-state index in [1.807, 2.05) is 6.07 Å². The van der Waals surface area contributed by atoms with Crippen LogP contribution in [0.25, 0.3) is 0 Å². The predicted octanol–water partition coefficient (Wildman–Crippen LogP) is 5.81. The molecule has 2 nitrogen and oxygen atoms in total. The topological polar surface area (TPSA) is 15.3 Å². The van der Waals surface area contributed by atoms with Crippen molar-refractivity contribution in [1.82, 2.24) is 4.90 Å².